The highest BCUT2D eigenvalue weighted by Gasteiger charge is 2.57. The molecule has 5 heteroatoms. The van der Waals surface area contributed by atoms with Gasteiger partial charge in [-0.1, -0.05) is 82.1 Å². The number of nitrogens with zero attached hydrogens (tertiary/aromatic N) is 1. The van der Waals surface area contributed by atoms with Gasteiger partial charge in [0.1, 0.15) is 23.9 Å². The van der Waals surface area contributed by atoms with Crippen molar-refractivity contribution in [1.82, 2.24) is 10.2 Å². The fourth-order valence-corrected chi connectivity index (χ4v) is 5.46. The lowest BCUT2D eigenvalue weighted by atomic mass is 9.86. The van der Waals surface area contributed by atoms with E-state index in [9.17, 15) is 0 Å². The lowest BCUT2D eigenvalue weighted by Gasteiger charge is -2.37. The van der Waals surface area contributed by atoms with Gasteiger partial charge >= 0.3 is 0 Å². The third-order valence-electron chi connectivity index (χ3n) is 7.00. The van der Waals surface area contributed by atoms with Crippen molar-refractivity contribution in [2.75, 3.05) is 6.61 Å². The second kappa shape index (κ2) is 9.22. The maximum atomic E-state index is 6.18. The van der Waals surface area contributed by atoms with Crippen molar-refractivity contribution in [3.05, 3.63) is 66.2 Å². The van der Waals surface area contributed by atoms with Gasteiger partial charge in [-0.25, -0.2) is 5.32 Å². The van der Waals surface area contributed by atoms with Crippen LogP contribution in [0.25, 0.3) is 0 Å². The third kappa shape index (κ3) is 4.54. The number of nitrogens with one attached hydrogen (secondary N) is 2. The topological polar surface area (TPSA) is 38.5 Å². The summed E-state index contributed by atoms with van der Waals surface area (Å²) in [5.74, 6) is 2.05. The Hall–Kier alpha value is -2.40. The van der Waals surface area contributed by atoms with Crippen molar-refractivity contribution >= 4 is 23.2 Å². The first-order valence-electron chi connectivity index (χ1n) is 11.8. The van der Waals surface area contributed by atoms with Crippen LogP contribution in [0.15, 0.2) is 60.7 Å². The summed E-state index contributed by atoms with van der Waals surface area (Å²) in [7, 11) is 0. The molecule has 2 aliphatic rings. The van der Waals surface area contributed by atoms with Crippen LogP contribution in [0.5, 0.6) is 5.75 Å². The Labute approximate surface area is 198 Å². The Morgan fingerprint density at radius 1 is 1.03 bits per heavy atom. The minimum absolute atomic E-state index is 0.0172. The Bertz CT molecular complexity index is 946. The number of thiocarbonyl (C=S) groups is 1. The summed E-state index contributed by atoms with van der Waals surface area (Å²) in [5, 5.41) is 4.42. The van der Waals surface area contributed by atoms with Crippen LogP contribution in [0.1, 0.15) is 65.0 Å². The number of ether oxygens (including phenoxy) is 1. The Kier molecular flexibility index (Phi) is 6.57. The van der Waals surface area contributed by atoms with E-state index in [0.717, 1.165) is 29.5 Å². The van der Waals surface area contributed by atoms with E-state index in [2.05, 4.69) is 73.2 Å². The average molecular weight is 451 g/mol. The summed E-state index contributed by atoms with van der Waals surface area (Å²) in [6.07, 6.45) is 4.65. The number of hydrogen-bond acceptors (Lipinski definition) is 2. The van der Waals surface area contributed by atoms with E-state index >= 15 is 0 Å². The van der Waals surface area contributed by atoms with Gasteiger partial charge in [-0.15, -0.1) is 0 Å². The van der Waals surface area contributed by atoms with Gasteiger partial charge in [-0.05, 0) is 49.7 Å². The summed E-state index contributed by atoms with van der Waals surface area (Å²) < 4.78 is 6.18. The lowest BCUT2D eigenvalue weighted by molar-refractivity contribution is -0.529. The van der Waals surface area contributed by atoms with Gasteiger partial charge in [-0.2, -0.15) is 0 Å². The van der Waals surface area contributed by atoms with E-state index in [1.165, 1.54) is 18.4 Å². The molecule has 1 aliphatic carbocycles. The highest BCUT2D eigenvalue weighted by molar-refractivity contribution is 7.80. The smallest absolute Gasteiger partial charge is 0.276 e. The molecule has 2 atom stereocenters. The summed E-state index contributed by atoms with van der Waals surface area (Å²) >= 11 is 5.91. The zero-order valence-corrected chi connectivity index (χ0v) is 20.5. The first-order chi connectivity index (χ1) is 15.3. The molecule has 2 aromatic rings. The van der Waals surface area contributed by atoms with Gasteiger partial charge in [0.25, 0.3) is 10.9 Å². The van der Waals surface area contributed by atoms with Gasteiger partial charge in [0.05, 0.1) is 6.04 Å². The van der Waals surface area contributed by atoms with E-state index in [-0.39, 0.29) is 23.0 Å². The normalized spacial score (nSPS) is 21.1. The Balaban J connectivity index is 1.65. The molecule has 0 aromatic heterocycles. The van der Waals surface area contributed by atoms with Crippen LogP contribution in [0.2, 0.25) is 0 Å². The van der Waals surface area contributed by atoms with Crippen LogP contribution in [-0.4, -0.2) is 34.0 Å². The summed E-state index contributed by atoms with van der Waals surface area (Å²) in [5.41, 5.74) is 1.22. The third-order valence-corrected chi connectivity index (χ3v) is 7.30. The number of amidine groups is 1. The number of hydrogen-bond donors (Lipinski definition) is 2. The molecule has 2 N–H and O–H groups in total. The number of para-hydroxylation sites is 1. The van der Waals surface area contributed by atoms with Crippen molar-refractivity contribution in [1.29, 1.82) is 0 Å². The molecular formula is C27H36N3OS+. The molecular weight excluding hydrogens is 414 g/mol. The molecule has 1 spiro atoms. The minimum atomic E-state index is -0.0947. The second-order valence-electron chi connectivity index (χ2n) is 10.2. The molecule has 2 aromatic carbocycles. The first-order valence-corrected chi connectivity index (χ1v) is 12.2. The zero-order valence-electron chi connectivity index (χ0n) is 19.7. The molecule has 0 radical (unpaired) electrons. The standard InChI is InChI=1S/C27H35N3OS/c1-20(21-13-7-5-8-14-21)30-25(32)29-24(27(30)17-11-12-18-27)28-23(26(2,3)4)19-31-22-15-9-6-10-16-22/h5-10,13-16,20,23H,11-12,17-19H2,1-4H3,(H,28,29,32)/p+1. The molecule has 170 valence electrons. The molecule has 2 fully saturated rings. The van der Waals surface area contributed by atoms with Gasteiger partial charge in [0, 0.05) is 5.41 Å². The predicted molar refractivity (Wildman–Crippen MR) is 135 cm³/mol. The number of rotatable bonds is 6. The zero-order chi connectivity index (χ0) is 22.8. The van der Waals surface area contributed by atoms with Crippen LogP contribution in [0.3, 0.4) is 0 Å². The highest BCUT2D eigenvalue weighted by Crippen LogP contribution is 2.42. The molecule has 2 unspecified atom stereocenters. The van der Waals surface area contributed by atoms with Crippen LogP contribution >= 0.6 is 12.2 Å². The van der Waals surface area contributed by atoms with E-state index in [4.69, 9.17) is 17.0 Å². The SMILES string of the molecule is CC(c1ccccc1)N1C(=S)NC(=[NH+]C(COc2ccccc2)C(C)(C)C)C12CCCC2. The van der Waals surface area contributed by atoms with E-state index < -0.39 is 0 Å². The molecule has 1 saturated heterocycles. The number of benzene rings is 2. The van der Waals surface area contributed by atoms with E-state index in [0.29, 0.717) is 6.61 Å². The van der Waals surface area contributed by atoms with Crippen LogP contribution in [0, 0.1) is 5.41 Å². The van der Waals surface area contributed by atoms with E-state index in [1.807, 2.05) is 30.3 Å². The average Bonchev–Trinajstić information content (AvgIpc) is 3.36. The first kappa shape index (κ1) is 22.8. The highest BCUT2D eigenvalue weighted by atomic mass is 32.1. The predicted octanol–water partition coefficient (Wildman–Crippen LogP) is 4.22. The van der Waals surface area contributed by atoms with Gasteiger partial charge < -0.3 is 9.64 Å². The maximum Gasteiger partial charge on any atom is 0.276 e. The summed E-state index contributed by atoms with van der Waals surface area (Å²) in [6, 6.07) is 21.1. The minimum Gasteiger partial charge on any atom is -0.489 e. The summed E-state index contributed by atoms with van der Waals surface area (Å²) in [6.45, 7) is 9.65. The maximum absolute atomic E-state index is 6.18. The quantitative estimate of drug-likeness (QED) is 0.646. The largest absolute Gasteiger partial charge is 0.489 e. The molecule has 4 nitrogen and oxygen atoms in total. The van der Waals surface area contributed by atoms with Crippen molar-refractivity contribution in [2.24, 2.45) is 5.41 Å². The fraction of sp³-hybridized carbons (Fsp3) is 0.481. The molecule has 0 bridgehead atoms. The Morgan fingerprint density at radius 3 is 2.22 bits per heavy atom. The molecule has 4 rings (SSSR count). The van der Waals surface area contributed by atoms with Crippen molar-refractivity contribution in [2.45, 2.75) is 71.0 Å². The van der Waals surface area contributed by atoms with Crippen LogP contribution in [0.4, 0.5) is 0 Å². The molecule has 1 saturated carbocycles. The second-order valence-corrected chi connectivity index (χ2v) is 10.6. The summed E-state index contributed by atoms with van der Waals surface area (Å²) in [4.78, 5) is 6.33. The van der Waals surface area contributed by atoms with Gasteiger partial charge in [0.2, 0.25) is 0 Å². The molecule has 1 aliphatic heterocycles. The van der Waals surface area contributed by atoms with Crippen LogP contribution < -0.4 is 15.0 Å². The monoisotopic (exact) mass is 450 g/mol. The molecule has 0 amide bonds. The van der Waals surface area contributed by atoms with Crippen LogP contribution in [-0.2, 0) is 0 Å². The molecule has 1 heterocycles. The Morgan fingerprint density at radius 2 is 1.62 bits per heavy atom. The van der Waals surface area contributed by atoms with E-state index in [1.54, 1.807) is 0 Å². The van der Waals surface area contributed by atoms with Gasteiger partial charge in [0.15, 0.2) is 0 Å². The fourth-order valence-electron chi connectivity index (χ4n) is 5.03. The van der Waals surface area contributed by atoms with Crippen molar-refractivity contribution in [3.63, 3.8) is 0 Å². The van der Waals surface area contributed by atoms with Crippen molar-refractivity contribution in [3.8, 4) is 5.75 Å². The molecule has 32 heavy (non-hydrogen) atoms. The lowest BCUT2D eigenvalue weighted by Crippen LogP contribution is -2.88. The van der Waals surface area contributed by atoms with Crippen molar-refractivity contribution < 1.29 is 9.73 Å². The van der Waals surface area contributed by atoms with Gasteiger partial charge in [-0.3, -0.25) is 4.99 Å².